The van der Waals surface area contributed by atoms with Gasteiger partial charge in [-0.15, -0.1) is 0 Å². The van der Waals surface area contributed by atoms with Gasteiger partial charge >= 0.3 is 0 Å². The maximum Gasteiger partial charge on any atom is 0.118 e. The van der Waals surface area contributed by atoms with Gasteiger partial charge in [-0.2, -0.15) is 0 Å². The number of likely N-dealkylation sites (N-methyl/N-ethyl adjacent to an activating group) is 1. The van der Waals surface area contributed by atoms with E-state index in [9.17, 15) is 0 Å². The van der Waals surface area contributed by atoms with Gasteiger partial charge in [0.15, 0.2) is 0 Å². The van der Waals surface area contributed by atoms with E-state index < -0.39 is 0 Å². The van der Waals surface area contributed by atoms with Gasteiger partial charge in [-0.05, 0) is 48.7 Å². The van der Waals surface area contributed by atoms with Gasteiger partial charge in [0.05, 0.1) is 7.11 Å². The van der Waals surface area contributed by atoms with Gasteiger partial charge in [0.2, 0.25) is 0 Å². The maximum absolute atomic E-state index is 5.23. The van der Waals surface area contributed by atoms with Crippen molar-refractivity contribution in [1.29, 1.82) is 0 Å². The third-order valence-corrected chi connectivity index (χ3v) is 4.37. The largest absolute Gasteiger partial charge is 0.497 e. The van der Waals surface area contributed by atoms with E-state index in [0.717, 1.165) is 18.6 Å². The summed E-state index contributed by atoms with van der Waals surface area (Å²) in [6, 6.07) is 17.8. The second-order valence-electron chi connectivity index (χ2n) is 5.46. The topological polar surface area (TPSA) is 21.3 Å². The van der Waals surface area contributed by atoms with Crippen LogP contribution in [-0.4, -0.2) is 20.2 Å². The van der Waals surface area contributed by atoms with Gasteiger partial charge < -0.3 is 10.1 Å². The van der Waals surface area contributed by atoms with Crippen molar-refractivity contribution >= 4 is 0 Å². The molecule has 0 fully saturated rings. The first-order valence-electron chi connectivity index (χ1n) is 7.20. The van der Waals surface area contributed by atoms with Crippen molar-refractivity contribution in [3.8, 4) is 5.75 Å². The molecule has 0 heterocycles. The van der Waals surface area contributed by atoms with Crippen LogP contribution >= 0.6 is 0 Å². The monoisotopic (exact) mass is 267 g/mol. The van der Waals surface area contributed by atoms with Crippen molar-refractivity contribution < 1.29 is 4.74 Å². The molecule has 0 saturated carbocycles. The highest BCUT2D eigenvalue weighted by Gasteiger charge is 2.30. The Morgan fingerprint density at radius 2 is 1.85 bits per heavy atom. The maximum atomic E-state index is 5.23. The zero-order chi connectivity index (χ0) is 13.9. The first kappa shape index (κ1) is 13.2. The average molecular weight is 267 g/mol. The molecule has 1 aliphatic carbocycles. The fourth-order valence-electron chi connectivity index (χ4n) is 3.25. The molecule has 0 bridgehead atoms. The lowest BCUT2D eigenvalue weighted by atomic mass is 9.91. The molecule has 0 saturated heterocycles. The molecule has 1 aliphatic rings. The Morgan fingerprint density at radius 1 is 1.10 bits per heavy atom. The van der Waals surface area contributed by atoms with E-state index in [2.05, 4.69) is 48.8 Å². The molecule has 2 aromatic carbocycles. The van der Waals surface area contributed by atoms with Crippen LogP contribution < -0.4 is 10.1 Å². The number of nitrogens with one attached hydrogen (secondary N) is 1. The number of fused-ring (bicyclic) bond motifs is 1. The Hall–Kier alpha value is -1.80. The molecule has 2 aromatic rings. The summed E-state index contributed by atoms with van der Waals surface area (Å²) in [5, 5.41) is 3.48. The number of hydrogen-bond acceptors (Lipinski definition) is 2. The molecule has 2 nitrogen and oxygen atoms in total. The fraction of sp³-hybridized carbons (Fsp3) is 0.333. The summed E-state index contributed by atoms with van der Waals surface area (Å²) in [7, 11) is 3.77. The highest BCUT2D eigenvalue weighted by Crippen LogP contribution is 2.35. The number of hydrogen-bond donors (Lipinski definition) is 1. The second-order valence-corrected chi connectivity index (χ2v) is 5.46. The number of ether oxygens (including phenoxy) is 1. The van der Waals surface area contributed by atoms with Crippen molar-refractivity contribution in [2.45, 2.75) is 24.8 Å². The van der Waals surface area contributed by atoms with Gasteiger partial charge in [0, 0.05) is 12.0 Å². The first-order valence-corrected chi connectivity index (χ1v) is 7.20. The Labute approximate surface area is 120 Å². The van der Waals surface area contributed by atoms with Crippen LogP contribution in [-0.2, 0) is 12.8 Å². The third kappa shape index (κ3) is 2.44. The summed E-state index contributed by atoms with van der Waals surface area (Å²) >= 11 is 0. The van der Waals surface area contributed by atoms with E-state index in [-0.39, 0.29) is 0 Å². The minimum atomic E-state index is 0.537. The van der Waals surface area contributed by atoms with Gasteiger partial charge in [-0.3, -0.25) is 0 Å². The highest BCUT2D eigenvalue weighted by molar-refractivity contribution is 5.39. The highest BCUT2D eigenvalue weighted by atomic mass is 16.5. The smallest absolute Gasteiger partial charge is 0.118 e. The molecule has 3 rings (SSSR count). The summed E-state index contributed by atoms with van der Waals surface area (Å²) in [5.41, 5.74) is 4.36. The number of rotatable bonds is 4. The van der Waals surface area contributed by atoms with E-state index in [4.69, 9.17) is 4.74 Å². The molecule has 0 amide bonds. The van der Waals surface area contributed by atoms with Crippen molar-refractivity contribution in [2.75, 3.05) is 14.2 Å². The Morgan fingerprint density at radius 3 is 2.55 bits per heavy atom. The normalized spacial score (nSPS) is 20.7. The van der Waals surface area contributed by atoms with Crippen LogP contribution in [0.3, 0.4) is 0 Å². The van der Waals surface area contributed by atoms with Crippen LogP contribution in [0.2, 0.25) is 0 Å². The quantitative estimate of drug-likeness (QED) is 0.918. The molecular formula is C18H21NO. The predicted octanol–water partition coefficient (Wildman–Crippen LogP) is 3.17. The molecular weight excluding hydrogens is 246 g/mol. The third-order valence-electron chi connectivity index (χ3n) is 4.37. The van der Waals surface area contributed by atoms with Crippen molar-refractivity contribution in [3.05, 3.63) is 65.2 Å². The Kier molecular flexibility index (Phi) is 3.75. The molecule has 0 unspecified atom stereocenters. The first-order chi connectivity index (χ1) is 9.81. The van der Waals surface area contributed by atoms with Crippen molar-refractivity contribution in [1.82, 2.24) is 5.32 Å². The molecule has 104 valence electrons. The molecule has 20 heavy (non-hydrogen) atoms. The van der Waals surface area contributed by atoms with Crippen LogP contribution in [0.25, 0.3) is 0 Å². The lowest BCUT2D eigenvalue weighted by Crippen LogP contribution is -2.30. The van der Waals surface area contributed by atoms with Gasteiger partial charge in [0.1, 0.15) is 5.75 Å². The van der Waals surface area contributed by atoms with Crippen LogP contribution in [0.5, 0.6) is 5.75 Å². The number of methoxy groups -OCH3 is 1. The Bertz CT molecular complexity index is 576. The Balaban J connectivity index is 1.84. The standard InChI is InChI=1S/C18H21NO/c1-19-18-12-14-5-3-4-6-16(14)17(18)11-13-7-9-15(20-2)10-8-13/h3-10,17-19H,11-12H2,1-2H3/t17-,18+/m0/s1. The van der Waals surface area contributed by atoms with Crippen LogP contribution in [0.15, 0.2) is 48.5 Å². The van der Waals surface area contributed by atoms with Crippen LogP contribution in [0.4, 0.5) is 0 Å². The van der Waals surface area contributed by atoms with Gasteiger partial charge in [0.25, 0.3) is 0 Å². The summed E-state index contributed by atoms with van der Waals surface area (Å²) in [4.78, 5) is 0. The summed E-state index contributed by atoms with van der Waals surface area (Å²) in [6.07, 6.45) is 2.21. The van der Waals surface area contributed by atoms with E-state index in [1.54, 1.807) is 7.11 Å². The fourth-order valence-corrected chi connectivity index (χ4v) is 3.25. The predicted molar refractivity (Wildman–Crippen MR) is 82.4 cm³/mol. The van der Waals surface area contributed by atoms with Gasteiger partial charge in [-0.1, -0.05) is 36.4 Å². The zero-order valence-electron chi connectivity index (χ0n) is 12.1. The van der Waals surface area contributed by atoms with E-state index in [1.807, 2.05) is 12.1 Å². The number of benzene rings is 2. The average Bonchev–Trinajstić information content (AvgIpc) is 2.86. The minimum absolute atomic E-state index is 0.537. The van der Waals surface area contributed by atoms with Gasteiger partial charge in [-0.25, -0.2) is 0 Å². The second kappa shape index (κ2) is 5.68. The summed E-state index contributed by atoms with van der Waals surface area (Å²) in [6.45, 7) is 0. The molecule has 0 aromatic heterocycles. The van der Waals surface area contributed by atoms with E-state index in [1.165, 1.54) is 16.7 Å². The lowest BCUT2D eigenvalue weighted by Gasteiger charge is -2.20. The molecule has 1 N–H and O–H groups in total. The van der Waals surface area contributed by atoms with E-state index >= 15 is 0 Å². The minimum Gasteiger partial charge on any atom is -0.497 e. The summed E-state index contributed by atoms with van der Waals surface area (Å²) < 4.78 is 5.23. The van der Waals surface area contributed by atoms with Crippen molar-refractivity contribution in [2.24, 2.45) is 0 Å². The molecule has 0 aliphatic heterocycles. The molecule has 2 atom stereocenters. The molecule has 2 heteroatoms. The van der Waals surface area contributed by atoms with Crippen LogP contribution in [0, 0.1) is 0 Å². The van der Waals surface area contributed by atoms with Crippen molar-refractivity contribution in [3.63, 3.8) is 0 Å². The van der Waals surface area contributed by atoms with E-state index in [0.29, 0.717) is 12.0 Å². The lowest BCUT2D eigenvalue weighted by molar-refractivity contribution is 0.414. The summed E-state index contributed by atoms with van der Waals surface area (Å²) in [5.74, 6) is 1.48. The molecule has 0 spiro atoms. The van der Waals surface area contributed by atoms with Crippen LogP contribution in [0.1, 0.15) is 22.6 Å². The zero-order valence-corrected chi connectivity index (χ0v) is 12.1. The molecule has 0 radical (unpaired) electrons. The SMILES string of the molecule is CN[C@@H]1Cc2ccccc2[C@@H]1Cc1ccc(OC)cc1.